The lowest BCUT2D eigenvalue weighted by atomic mass is 10.2. The predicted octanol–water partition coefficient (Wildman–Crippen LogP) is 3.91. The summed E-state index contributed by atoms with van der Waals surface area (Å²) >= 11 is 0. The third-order valence-electron chi connectivity index (χ3n) is 5.17. The number of methoxy groups -OCH3 is 1. The summed E-state index contributed by atoms with van der Waals surface area (Å²) in [5, 5.41) is 2.85. The normalized spacial score (nSPS) is 12.4. The van der Waals surface area contributed by atoms with Gasteiger partial charge in [-0.05, 0) is 54.6 Å². The fourth-order valence-electron chi connectivity index (χ4n) is 3.45. The highest BCUT2D eigenvalue weighted by Crippen LogP contribution is 2.34. The van der Waals surface area contributed by atoms with Gasteiger partial charge in [0.15, 0.2) is 6.61 Å². The first kappa shape index (κ1) is 23.0. The van der Waals surface area contributed by atoms with Gasteiger partial charge >= 0.3 is 0 Å². The molecular formula is C26H26N2O6. The Morgan fingerprint density at radius 1 is 0.941 bits per heavy atom. The van der Waals surface area contributed by atoms with Crippen LogP contribution in [0.5, 0.6) is 23.0 Å². The van der Waals surface area contributed by atoms with Crippen LogP contribution in [-0.2, 0) is 9.59 Å². The lowest BCUT2D eigenvalue weighted by molar-refractivity contribution is -0.121. The molecule has 1 heterocycles. The number of rotatable bonds is 10. The fourth-order valence-corrected chi connectivity index (χ4v) is 3.45. The summed E-state index contributed by atoms with van der Waals surface area (Å²) in [6.45, 7) is 0.851. The smallest absolute Gasteiger partial charge is 0.265 e. The monoisotopic (exact) mass is 462 g/mol. The molecule has 0 saturated heterocycles. The largest absolute Gasteiger partial charge is 0.497 e. The quantitative estimate of drug-likeness (QED) is 0.492. The molecule has 34 heavy (non-hydrogen) atoms. The van der Waals surface area contributed by atoms with Crippen LogP contribution in [0.2, 0.25) is 0 Å². The van der Waals surface area contributed by atoms with Crippen molar-refractivity contribution in [3.63, 3.8) is 0 Å². The molecule has 8 heteroatoms. The van der Waals surface area contributed by atoms with E-state index in [9.17, 15) is 9.59 Å². The van der Waals surface area contributed by atoms with Crippen molar-refractivity contribution in [3.05, 3.63) is 72.8 Å². The molecule has 176 valence electrons. The maximum Gasteiger partial charge on any atom is 0.265 e. The van der Waals surface area contributed by atoms with Crippen LogP contribution in [0.3, 0.4) is 0 Å². The summed E-state index contributed by atoms with van der Waals surface area (Å²) in [4.78, 5) is 26.5. The van der Waals surface area contributed by atoms with Crippen molar-refractivity contribution in [2.75, 3.05) is 43.7 Å². The van der Waals surface area contributed by atoms with Crippen LogP contribution in [0.15, 0.2) is 72.8 Å². The molecule has 0 saturated carbocycles. The summed E-state index contributed by atoms with van der Waals surface area (Å²) in [6, 6.07) is 21.8. The minimum Gasteiger partial charge on any atom is -0.497 e. The molecule has 0 radical (unpaired) electrons. The van der Waals surface area contributed by atoms with E-state index in [1.54, 1.807) is 30.2 Å². The first-order valence-corrected chi connectivity index (χ1v) is 10.9. The standard InChI is InChI=1S/C26H26N2O6/c1-31-20-8-10-22(11-9-20)33-16-14-28-23-17-19(7-12-24(23)34-18-26(28)30)27-25(29)13-15-32-21-5-3-2-4-6-21/h2-12,17H,13-16,18H2,1H3,(H,27,29). The average molecular weight is 463 g/mol. The predicted molar refractivity (Wildman–Crippen MR) is 128 cm³/mol. The lowest BCUT2D eigenvalue weighted by Crippen LogP contribution is -2.41. The first-order valence-electron chi connectivity index (χ1n) is 10.9. The molecule has 0 aliphatic carbocycles. The fraction of sp³-hybridized carbons (Fsp3) is 0.231. The van der Waals surface area contributed by atoms with Gasteiger partial charge in [-0.15, -0.1) is 0 Å². The summed E-state index contributed by atoms with van der Waals surface area (Å²) in [5.41, 5.74) is 1.16. The summed E-state index contributed by atoms with van der Waals surface area (Å²) in [5.74, 6) is 2.35. The molecule has 3 aromatic rings. The van der Waals surface area contributed by atoms with Crippen LogP contribution in [0.25, 0.3) is 0 Å². The number of carbonyl (C=O) groups excluding carboxylic acids is 2. The number of hydrogen-bond donors (Lipinski definition) is 1. The second kappa shape index (κ2) is 11.1. The number of benzene rings is 3. The van der Waals surface area contributed by atoms with Gasteiger partial charge in [-0.3, -0.25) is 9.59 Å². The average Bonchev–Trinajstić information content (AvgIpc) is 2.86. The summed E-state index contributed by atoms with van der Waals surface area (Å²) in [6.07, 6.45) is 0.195. The van der Waals surface area contributed by atoms with Crippen LogP contribution in [0, 0.1) is 0 Å². The SMILES string of the molecule is COc1ccc(OCCN2C(=O)COc3ccc(NC(=O)CCOc4ccccc4)cc32)cc1. The second-order valence-corrected chi connectivity index (χ2v) is 7.50. The van der Waals surface area contributed by atoms with Crippen molar-refractivity contribution in [1.82, 2.24) is 0 Å². The van der Waals surface area contributed by atoms with E-state index in [2.05, 4.69) is 5.32 Å². The van der Waals surface area contributed by atoms with E-state index < -0.39 is 0 Å². The number of carbonyl (C=O) groups is 2. The molecule has 8 nitrogen and oxygen atoms in total. The number of ether oxygens (including phenoxy) is 4. The van der Waals surface area contributed by atoms with Crippen molar-refractivity contribution in [1.29, 1.82) is 0 Å². The molecule has 0 unspecified atom stereocenters. The molecule has 1 aliphatic heterocycles. The van der Waals surface area contributed by atoms with Gasteiger partial charge < -0.3 is 29.2 Å². The summed E-state index contributed by atoms with van der Waals surface area (Å²) in [7, 11) is 1.60. The van der Waals surface area contributed by atoms with Crippen molar-refractivity contribution in [3.8, 4) is 23.0 Å². The van der Waals surface area contributed by atoms with Gasteiger partial charge in [0, 0.05) is 5.69 Å². The van der Waals surface area contributed by atoms with Gasteiger partial charge in [0.05, 0.1) is 32.4 Å². The lowest BCUT2D eigenvalue weighted by Gasteiger charge is -2.29. The van der Waals surface area contributed by atoms with E-state index in [1.165, 1.54) is 0 Å². The van der Waals surface area contributed by atoms with Gasteiger partial charge in [-0.25, -0.2) is 0 Å². The van der Waals surface area contributed by atoms with E-state index in [1.807, 2.05) is 54.6 Å². The Morgan fingerprint density at radius 3 is 2.41 bits per heavy atom. The molecule has 0 aromatic heterocycles. The zero-order valence-electron chi connectivity index (χ0n) is 18.9. The third kappa shape index (κ3) is 5.98. The third-order valence-corrected chi connectivity index (χ3v) is 5.17. The highest BCUT2D eigenvalue weighted by molar-refractivity contribution is 5.99. The van der Waals surface area contributed by atoms with Crippen LogP contribution < -0.4 is 29.2 Å². The van der Waals surface area contributed by atoms with E-state index >= 15 is 0 Å². The van der Waals surface area contributed by atoms with Crippen LogP contribution >= 0.6 is 0 Å². The summed E-state index contributed by atoms with van der Waals surface area (Å²) < 4.78 is 22.0. The number of nitrogens with zero attached hydrogens (tertiary/aromatic N) is 1. The van der Waals surface area contributed by atoms with Gasteiger partial charge in [0.2, 0.25) is 5.91 Å². The Hall–Kier alpha value is -4.20. The van der Waals surface area contributed by atoms with Crippen molar-refractivity contribution < 1.29 is 28.5 Å². The number of para-hydroxylation sites is 1. The van der Waals surface area contributed by atoms with Crippen molar-refractivity contribution >= 4 is 23.2 Å². The van der Waals surface area contributed by atoms with Gasteiger partial charge in [0.1, 0.15) is 29.6 Å². The Labute approximate surface area is 198 Å². The van der Waals surface area contributed by atoms with E-state index in [-0.39, 0.29) is 31.4 Å². The van der Waals surface area contributed by atoms with Crippen molar-refractivity contribution in [2.45, 2.75) is 6.42 Å². The van der Waals surface area contributed by atoms with Crippen molar-refractivity contribution in [2.24, 2.45) is 0 Å². The number of nitrogens with one attached hydrogen (secondary N) is 1. The van der Waals surface area contributed by atoms with Gasteiger partial charge in [-0.1, -0.05) is 18.2 Å². The highest BCUT2D eigenvalue weighted by Gasteiger charge is 2.26. The minimum absolute atomic E-state index is 0.0436. The molecule has 4 rings (SSSR count). The zero-order valence-corrected chi connectivity index (χ0v) is 18.9. The maximum atomic E-state index is 12.5. The Kier molecular flexibility index (Phi) is 7.49. The Morgan fingerprint density at radius 2 is 1.65 bits per heavy atom. The second-order valence-electron chi connectivity index (χ2n) is 7.50. The van der Waals surface area contributed by atoms with E-state index in [4.69, 9.17) is 18.9 Å². The number of anilines is 2. The molecule has 2 amide bonds. The molecular weight excluding hydrogens is 436 g/mol. The maximum absolute atomic E-state index is 12.5. The number of amides is 2. The molecule has 1 aliphatic rings. The number of fused-ring (bicyclic) bond motifs is 1. The van der Waals surface area contributed by atoms with Crippen LogP contribution in [0.4, 0.5) is 11.4 Å². The van der Waals surface area contributed by atoms with E-state index in [0.717, 1.165) is 5.75 Å². The minimum atomic E-state index is -0.187. The molecule has 1 N–H and O–H groups in total. The Balaban J connectivity index is 1.33. The number of hydrogen-bond acceptors (Lipinski definition) is 6. The molecule has 0 fully saturated rings. The van der Waals surface area contributed by atoms with Crippen LogP contribution in [0.1, 0.15) is 6.42 Å². The van der Waals surface area contributed by atoms with Gasteiger partial charge in [-0.2, -0.15) is 0 Å². The first-order chi connectivity index (χ1) is 16.6. The van der Waals surface area contributed by atoms with E-state index in [0.29, 0.717) is 41.8 Å². The molecule has 0 spiro atoms. The van der Waals surface area contributed by atoms with Gasteiger partial charge in [0.25, 0.3) is 5.91 Å². The highest BCUT2D eigenvalue weighted by atomic mass is 16.5. The van der Waals surface area contributed by atoms with Crippen LogP contribution in [-0.4, -0.2) is 45.3 Å². The Bertz CT molecular complexity index is 1120. The molecule has 0 bridgehead atoms. The topological polar surface area (TPSA) is 86.3 Å². The molecule has 3 aromatic carbocycles. The zero-order chi connectivity index (χ0) is 23.8. The molecule has 0 atom stereocenters.